The molecule has 0 aromatic rings. The van der Waals surface area contributed by atoms with Crippen molar-refractivity contribution in [2.45, 2.75) is 96.3 Å². The van der Waals surface area contributed by atoms with Crippen molar-refractivity contribution < 1.29 is 32.7 Å². The predicted octanol–water partition coefficient (Wildman–Crippen LogP) is 2.76. The molecule has 4 rings (SSSR count). The molecule has 0 radical (unpaired) electrons. The van der Waals surface area contributed by atoms with Crippen LogP contribution in [-0.4, -0.2) is 72.2 Å². The molecule has 0 aliphatic carbocycles. The largest absolute Gasteiger partial charge is 0.348 e. The number of rotatable bonds is 3. The molecule has 0 aromatic carbocycles. The van der Waals surface area contributed by atoms with Gasteiger partial charge in [-0.05, 0) is 48.5 Å². The summed E-state index contributed by atoms with van der Waals surface area (Å²) in [7, 11) is -1.21. The van der Waals surface area contributed by atoms with E-state index < -0.39 is 26.4 Å². The lowest BCUT2D eigenvalue weighted by Gasteiger charge is -2.36. The van der Waals surface area contributed by atoms with Crippen LogP contribution in [0.1, 0.15) is 48.5 Å². The molecule has 0 aromatic heterocycles. The Morgan fingerprint density at radius 3 is 2.37 bits per heavy atom. The lowest BCUT2D eigenvalue weighted by molar-refractivity contribution is -0.230. The minimum atomic E-state index is -1.21. The normalized spacial score (nSPS) is 44.1. The van der Waals surface area contributed by atoms with Crippen LogP contribution in [0.3, 0.4) is 0 Å². The van der Waals surface area contributed by atoms with E-state index in [1.807, 2.05) is 27.7 Å². The molecule has 4 saturated heterocycles. The van der Waals surface area contributed by atoms with Crippen LogP contribution in [0.5, 0.6) is 0 Å². The lowest BCUT2D eigenvalue weighted by atomic mass is 10.1. The standard InChI is InChI=1S/C18H32NO7P/c1-16(2,3)19-8-9-21-27(19)26-13-12(11-10-20-17(4,5)23-11)22-15-14(13)24-18(6,7)25-15/h11-15H,8-10H2,1-7H3. The number of nitrogens with zero attached hydrogens (tertiary/aromatic N) is 1. The second-order valence-electron chi connectivity index (χ2n) is 9.37. The van der Waals surface area contributed by atoms with E-state index >= 15 is 0 Å². The van der Waals surface area contributed by atoms with E-state index in [-0.39, 0.29) is 30.0 Å². The number of fused-ring (bicyclic) bond motifs is 1. The summed E-state index contributed by atoms with van der Waals surface area (Å²) in [4.78, 5) is 0. The second kappa shape index (κ2) is 6.83. The van der Waals surface area contributed by atoms with Gasteiger partial charge in [0.15, 0.2) is 17.9 Å². The maximum atomic E-state index is 6.51. The molecule has 9 heteroatoms. The van der Waals surface area contributed by atoms with Gasteiger partial charge >= 0.3 is 0 Å². The van der Waals surface area contributed by atoms with E-state index in [1.54, 1.807) is 0 Å². The van der Waals surface area contributed by atoms with E-state index in [1.165, 1.54) is 0 Å². The number of hydrogen-bond donors (Lipinski definition) is 0. The van der Waals surface area contributed by atoms with Gasteiger partial charge in [-0.1, -0.05) is 0 Å². The number of ether oxygens (including phenoxy) is 5. The molecule has 0 saturated carbocycles. The first-order chi connectivity index (χ1) is 12.5. The summed E-state index contributed by atoms with van der Waals surface area (Å²) >= 11 is 0. The summed E-state index contributed by atoms with van der Waals surface area (Å²) in [6.45, 7) is 16.0. The third kappa shape index (κ3) is 4.06. The first kappa shape index (κ1) is 20.4. The van der Waals surface area contributed by atoms with Crippen molar-refractivity contribution in [2.75, 3.05) is 19.8 Å². The zero-order valence-corrected chi connectivity index (χ0v) is 18.2. The maximum absolute atomic E-state index is 6.51. The van der Waals surface area contributed by atoms with Crippen LogP contribution < -0.4 is 0 Å². The molecular formula is C18H32NO7P. The average molecular weight is 405 g/mol. The van der Waals surface area contributed by atoms with Crippen molar-refractivity contribution in [3.63, 3.8) is 0 Å². The maximum Gasteiger partial charge on any atom is 0.259 e. The summed E-state index contributed by atoms with van der Waals surface area (Å²) in [6, 6.07) is 0. The predicted molar refractivity (Wildman–Crippen MR) is 97.8 cm³/mol. The van der Waals surface area contributed by atoms with Gasteiger partial charge in [-0.15, -0.1) is 0 Å². The fourth-order valence-corrected chi connectivity index (χ4v) is 5.66. The molecular weight excluding hydrogens is 373 g/mol. The zero-order valence-electron chi connectivity index (χ0n) is 17.3. The molecule has 4 aliphatic heterocycles. The first-order valence-electron chi connectivity index (χ1n) is 9.65. The van der Waals surface area contributed by atoms with Crippen molar-refractivity contribution in [3.8, 4) is 0 Å². The van der Waals surface area contributed by atoms with Crippen molar-refractivity contribution >= 4 is 8.53 Å². The highest BCUT2D eigenvalue weighted by atomic mass is 31.2. The van der Waals surface area contributed by atoms with E-state index in [2.05, 4.69) is 25.4 Å². The Morgan fingerprint density at radius 2 is 1.74 bits per heavy atom. The molecule has 156 valence electrons. The van der Waals surface area contributed by atoms with Crippen molar-refractivity contribution in [1.82, 2.24) is 4.67 Å². The van der Waals surface area contributed by atoms with Crippen LogP contribution in [-0.2, 0) is 32.7 Å². The van der Waals surface area contributed by atoms with Crippen LogP contribution in [0.25, 0.3) is 0 Å². The van der Waals surface area contributed by atoms with Crippen molar-refractivity contribution in [3.05, 3.63) is 0 Å². The van der Waals surface area contributed by atoms with Crippen LogP contribution in [0.15, 0.2) is 0 Å². The van der Waals surface area contributed by atoms with E-state index in [0.717, 1.165) is 6.54 Å². The van der Waals surface area contributed by atoms with Gasteiger partial charge in [0.2, 0.25) is 0 Å². The molecule has 8 nitrogen and oxygen atoms in total. The van der Waals surface area contributed by atoms with Gasteiger partial charge in [0.05, 0.1) is 13.2 Å². The quantitative estimate of drug-likeness (QED) is 0.664. The minimum absolute atomic E-state index is 0.0438. The lowest BCUT2D eigenvalue weighted by Crippen LogP contribution is -2.44. The Kier molecular flexibility index (Phi) is 5.15. The SMILES string of the molecule is CC1(C)OCC(C2OC3OC(C)(C)OC3C2OP2OCCN2C(C)(C)C)O1. The van der Waals surface area contributed by atoms with Crippen LogP contribution in [0.2, 0.25) is 0 Å². The van der Waals surface area contributed by atoms with E-state index in [0.29, 0.717) is 13.2 Å². The Morgan fingerprint density at radius 1 is 1.00 bits per heavy atom. The smallest absolute Gasteiger partial charge is 0.259 e. The summed E-state index contributed by atoms with van der Waals surface area (Å²) < 4.78 is 44.8. The molecule has 0 N–H and O–H groups in total. The van der Waals surface area contributed by atoms with Crippen LogP contribution >= 0.6 is 8.53 Å². The first-order valence-corrected chi connectivity index (χ1v) is 10.8. The number of hydrogen-bond acceptors (Lipinski definition) is 8. The third-order valence-corrected chi connectivity index (χ3v) is 7.13. The van der Waals surface area contributed by atoms with Crippen molar-refractivity contribution in [1.29, 1.82) is 0 Å². The van der Waals surface area contributed by atoms with Gasteiger partial charge in [-0.3, -0.25) is 0 Å². The fraction of sp³-hybridized carbons (Fsp3) is 1.00. The highest BCUT2D eigenvalue weighted by Crippen LogP contribution is 2.55. The molecule has 4 aliphatic rings. The monoisotopic (exact) mass is 405 g/mol. The van der Waals surface area contributed by atoms with Gasteiger partial charge in [-0.2, -0.15) is 0 Å². The molecule has 27 heavy (non-hydrogen) atoms. The average Bonchev–Trinajstić information content (AvgIpc) is 3.23. The molecule has 6 unspecified atom stereocenters. The highest BCUT2D eigenvalue weighted by molar-refractivity contribution is 7.44. The van der Waals surface area contributed by atoms with Gasteiger partial charge in [0, 0.05) is 12.1 Å². The molecule has 4 heterocycles. The molecule has 0 spiro atoms. The van der Waals surface area contributed by atoms with Crippen LogP contribution in [0, 0.1) is 0 Å². The molecule has 6 atom stereocenters. The van der Waals surface area contributed by atoms with E-state index in [4.69, 9.17) is 32.7 Å². The van der Waals surface area contributed by atoms with Crippen molar-refractivity contribution in [2.24, 2.45) is 0 Å². The summed E-state index contributed by atoms with van der Waals surface area (Å²) in [6.07, 6.45) is -1.75. The third-order valence-electron chi connectivity index (χ3n) is 5.11. The summed E-state index contributed by atoms with van der Waals surface area (Å²) in [5.41, 5.74) is -0.0438. The topological polar surface area (TPSA) is 67.9 Å². The fourth-order valence-electron chi connectivity index (χ4n) is 3.93. The molecule has 0 bridgehead atoms. The minimum Gasteiger partial charge on any atom is -0.348 e. The Bertz CT molecular complexity index is 566. The Hall–Kier alpha value is 0.110. The van der Waals surface area contributed by atoms with Gasteiger partial charge in [0.25, 0.3) is 8.53 Å². The van der Waals surface area contributed by atoms with Gasteiger partial charge in [-0.25, -0.2) is 4.67 Å². The highest BCUT2D eigenvalue weighted by Gasteiger charge is 2.60. The molecule has 0 amide bonds. The Labute approximate surface area is 162 Å². The van der Waals surface area contributed by atoms with E-state index in [9.17, 15) is 0 Å². The Balaban J connectivity index is 1.54. The summed E-state index contributed by atoms with van der Waals surface area (Å²) in [5.74, 6) is -1.34. The van der Waals surface area contributed by atoms with Gasteiger partial charge in [0.1, 0.15) is 24.4 Å². The summed E-state index contributed by atoms with van der Waals surface area (Å²) in [5, 5.41) is 0. The zero-order chi connectivity index (χ0) is 19.6. The van der Waals surface area contributed by atoms with Crippen LogP contribution in [0.4, 0.5) is 0 Å². The van der Waals surface area contributed by atoms with Gasteiger partial charge < -0.3 is 32.7 Å². The second-order valence-corrected chi connectivity index (χ2v) is 10.8. The molecule has 4 fully saturated rings.